The van der Waals surface area contributed by atoms with Crippen LogP contribution in [0.3, 0.4) is 0 Å². The maximum absolute atomic E-state index is 13.1. The predicted molar refractivity (Wildman–Crippen MR) is 81.4 cm³/mol. The van der Waals surface area contributed by atoms with Crippen LogP contribution in [0, 0.1) is 11.6 Å². The number of hydrogen-bond acceptors (Lipinski definition) is 3. The van der Waals surface area contributed by atoms with Crippen molar-refractivity contribution in [3.05, 3.63) is 63.6 Å². The molecule has 0 N–H and O–H groups in total. The molecule has 0 saturated heterocycles. The number of halogens is 3. The largest absolute Gasteiger partial charge is 0.465 e. The van der Waals surface area contributed by atoms with Crippen LogP contribution >= 0.6 is 27.7 Å². The van der Waals surface area contributed by atoms with Gasteiger partial charge in [-0.2, -0.15) is 0 Å². The van der Waals surface area contributed by atoms with E-state index in [4.69, 9.17) is 0 Å². The molecule has 6 heteroatoms. The Hall–Kier alpha value is -1.40. The Kier molecular flexibility index (Phi) is 5.36. The first-order valence-corrected chi connectivity index (χ1v) is 7.73. The molecule has 0 fully saturated rings. The van der Waals surface area contributed by atoms with Crippen molar-refractivity contribution < 1.29 is 18.3 Å². The summed E-state index contributed by atoms with van der Waals surface area (Å²) in [5, 5.41) is 0. The molecule has 0 atom stereocenters. The van der Waals surface area contributed by atoms with Gasteiger partial charge in [0.05, 0.1) is 12.7 Å². The van der Waals surface area contributed by atoms with Crippen LogP contribution in [-0.2, 0) is 10.5 Å². The first-order chi connectivity index (χ1) is 10.0. The highest BCUT2D eigenvalue weighted by atomic mass is 79.9. The third-order valence-electron chi connectivity index (χ3n) is 2.76. The van der Waals surface area contributed by atoms with Gasteiger partial charge in [-0.05, 0) is 35.9 Å². The summed E-state index contributed by atoms with van der Waals surface area (Å²) in [6.07, 6.45) is 0. The van der Waals surface area contributed by atoms with E-state index in [0.717, 1.165) is 22.2 Å². The van der Waals surface area contributed by atoms with Gasteiger partial charge in [-0.3, -0.25) is 0 Å². The molecular formula is C15H11BrF2O2S. The maximum atomic E-state index is 13.1. The zero-order valence-corrected chi connectivity index (χ0v) is 13.4. The highest BCUT2D eigenvalue weighted by Gasteiger charge is 2.09. The van der Waals surface area contributed by atoms with E-state index in [0.29, 0.717) is 16.2 Å². The molecule has 0 aliphatic rings. The number of methoxy groups -OCH3 is 1. The van der Waals surface area contributed by atoms with Crippen LogP contribution in [-0.4, -0.2) is 13.1 Å². The molecule has 21 heavy (non-hydrogen) atoms. The number of thioether (sulfide) groups is 1. The van der Waals surface area contributed by atoms with E-state index in [9.17, 15) is 13.6 Å². The summed E-state index contributed by atoms with van der Waals surface area (Å²) in [6, 6.07) is 8.93. The number of carbonyl (C=O) groups excluding carboxylic acids is 1. The van der Waals surface area contributed by atoms with E-state index in [1.807, 2.05) is 0 Å². The van der Waals surface area contributed by atoms with E-state index in [-0.39, 0.29) is 0 Å². The molecule has 2 aromatic rings. The predicted octanol–water partition coefficient (Wildman–Crippen LogP) is 4.81. The van der Waals surface area contributed by atoms with Crippen LogP contribution in [0.2, 0.25) is 0 Å². The van der Waals surface area contributed by atoms with Crippen molar-refractivity contribution in [2.75, 3.05) is 7.11 Å². The van der Waals surface area contributed by atoms with Crippen LogP contribution in [0.15, 0.2) is 45.8 Å². The quantitative estimate of drug-likeness (QED) is 0.569. The average molecular weight is 373 g/mol. The third-order valence-corrected chi connectivity index (χ3v) is 4.54. The Balaban J connectivity index is 2.09. The molecule has 0 aliphatic carbocycles. The molecule has 0 spiro atoms. The van der Waals surface area contributed by atoms with E-state index in [1.165, 1.54) is 24.9 Å². The number of rotatable bonds is 4. The molecule has 0 aliphatic heterocycles. The number of benzene rings is 2. The summed E-state index contributed by atoms with van der Waals surface area (Å²) >= 11 is 4.77. The van der Waals surface area contributed by atoms with Gasteiger partial charge in [0.1, 0.15) is 0 Å². The maximum Gasteiger partial charge on any atom is 0.337 e. The topological polar surface area (TPSA) is 26.3 Å². The van der Waals surface area contributed by atoms with Crippen molar-refractivity contribution >= 4 is 33.7 Å². The van der Waals surface area contributed by atoms with Crippen LogP contribution in [0.1, 0.15) is 15.9 Å². The van der Waals surface area contributed by atoms with Crippen molar-refractivity contribution in [3.63, 3.8) is 0 Å². The monoisotopic (exact) mass is 372 g/mol. The third kappa shape index (κ3) is 4.04. The minimum absolute atomic E-state index is 0.407. The Bertz CT molecular complexity index is 677. The normalized spacial score (nSPS) is 10.5. The molecule has 2 aromatic carbocycles. The summed E-state index contributed by atoms with van der Waals surface area (Å²) in [4.78, 5) is 12.0. The van der Waals surface area contributed by atoms with Gasteiger partial charge >= 0.3 is 5.97 Å². The van der Waals surface area contributed by atoms with Gasteiger partial charge in [-0.25, -0.2) is 13.6 Å². The van der Waals surface area contributed by atoms with Gasteiger partial charge in [0.25, 0.3) is 0 Å². The van der Waals surface area contributed by atoms with Gasteiger partial charge in [0.15, 0.2) is 11.6 Å². The fourth-order valence-electron chi connectivity index (χ4n) is 1.64. The number of ether oxygens (including phenoxy) is 1. The Labute approximate surface area is 133 Å². The molecule has 2 rings (SSSR count). The molecule has 110 valence electrons. The molecule has 2 nitrogen and oxygen atoms in total. The Morgan fingerprint density at radius 3 is 2.57 bits per heavy atom. The van der Waals surface area contributed by atoms with Crippen molar-refractivity contribution in [2.24, 2.45) is 0 Å². The molecule has 0 heterocycles. The van der Waals surface area contributed by atoms with Crippen LogP contribution in [0.25, 0.3) is 0 Å². The summed E-state index contributed by atoms with van der Waals surface area (Å²) in [6.45, 7) is 0. The van der Waals surface area contributed by atoms with E-state index in [2.05, 4.69) is 20.7 Å². The molecule has 0 bridgehead atoms. The second kappa shape index (κ2) is 7.04. The standard InChI is InChI=1S/C15H11BrF2O2S/c1-20-15(19)9-2-3-10(12(16)6-9)8-21-11-4-5-13(17)14(18)7-11/h2-7H,8H2,1H3. The van der Waals surface area contributed by atoms with Gasteiger partial charge in [0, 0.05) is 15.1 Å². The van der Waals surface area contributed by atoms with E-state index in [1.54, 1.807) is 18.2 Å². The van der Waals surface area contributed by atoms with E-state index >= 15 is 0 Å². The molecule has 0 aromatic heterocycles. The average Bonchev–Trinajstić information content (AvgIpc) is 2.48. The molecular weight excluding hydrogens is 362 g/mol. The zero-order valence-electron chi connectivity index (χ0n) is 11.0. The molecule has 0 unspecified atom stereocenters. The number of esters is 1. The number of hydrogen-bond donors (Lipinski definition) is 0. The summed E-state index contributed by atoms with van der Waals surface area (Å²) in [5.74, 6) is -1.56. The Morgan fingerprint density at radius 2 is 1.95 bits per heavy atom. The fourth-order valence-corrected chi connectivity index (χ4v) is 3.27. The lowest BCUT2D eigenvalue weighted by atomic mass is 10.1. The molecule has 0 radical (unpaired) electrons. The molecule has 0 saturated carbocycles. The summed E-state index contributed by atoms with van der Waals surface area (Å²) < 4.78 is 31.4. The second-order valence-electron chi connectivity index (χ2n) is 4.16. The van der Waals surface area contributed by atoms with Crippen LogP contribution < -0.4 is 0 Å². The summed E-state index contributed by atoms with van der Waals surface area (Å²) in [7, 11) is 1.32. The van der Waals surface area contributed by atoms with Gasteiger partial charge in [0.2, 0.25) is 0 Å². The first-order valence-electron chi connectivity index (χ1n) is 5.96. The molecule has 0 amide bonds. The van der Waals surface area contributed by atoms with Crippen LogP contribution in [0.5, 0.6) is 0 Å². The minimum Gasteiger partial charge on any atom is -0.465 e. The smallest absolute Gasteiger partial charge is 0.337 e. The van der Waals surface area contributed by atoms with Crippen molar-refractivity contribution in [2.45, 2.75) is 10.6 Å². The fraction of sp³-hybridized carbons (Fsp3) is 0.133. The van der Waals surface area contributed by atoms with Gasteiger partial charge < -0.3 is 4.74 Å². The summed E-state index contributed by atoms with van der Waals surface area (Å²) in [5.41, 5.74) is 1.39. The number of carbonyl (C=O) groups is 1. The van der Waals surface area contributed by atoms with Crippen molar-refractivity contribution in [3.8, 4) is 0 Å². The lowest BCUT2D eigenvalue weighted by Gasteiger charge is -2.07. The highest BCUT2D eigenvalue weighted by Crippen LogP contribution is 2.28. The van der Waals surface area contributed by atoms with Gasteiger partial charge in [-0.15, -0.1) is 11.8 Å². The highest BCUT2D eigenvalue weighted by molar-refractivity contribution is 9.10. The van der Waals surface area contributed by atoms with Crippen molar-refractivity contribution in [1.29, 1.82) is 0 Å². The Morgan fingerprint density at radius 1 is 1.19 bits per heavy atom. The lowest BCUT2D eigenvalue weighted by Crippen LogP contribution is -2.01. The van der Waals surface area contributed by atoms with Crippen molar-refractivity contribution in [1.82, 2.24) is 0 Å². The van der Waals surface area contributed by atoms with Gasteiger partial charge in [-0.1, -0.05) is 22.0 Å². The van der Waals surface area contributed by atoms with Crippen LogP contribution in [0.4, 0.5) is 8.78 Å². The lowest BCUT2D eigenvalue weighted by molar-refractivity contribution is 0.0600. The van der Waals surface area contributed by atoms with E-state index < -0.39 is 17.6 Å². The minimum atomic E-state index is -0.861. The first kappa shape index (κ1) is 16.0. The zero-order chi connectivity index (χ0) is 15.4. The SMILES string of the molecule is COC(=O)c1ccc(CSc2ccc(F)c(F)c2)c(Br)c1. The second-order valence-corrected chi connectivity index (χ2v) is 6.07.